The summed E-state index contributed by atoms with van der Waals surface area (Å²) in [7, 11) is 0. The predicted molar refractivity (Wildman–Crippen MR) is 97.1 cm³/mol. The average Bonchev–Trinajstić information content (AvgIpc) is 3.09. The fourth-order valence-corrected chi connectivity index (χ4v) is 2.93. The first-order valence-electron chi connectivity index (χ1n) is 9.04. The van der Waals surface area contributed by atoms with Crippen molar-refractivity contribution in [2.75, 3.05) is 19.6 Å². The van der Waals surface area contributed by atoms with Crippen molar-refractivity contribution in [3.8, 4) is 0 Å². The maximum Gasteiger partial charge on any atom is 0.264 e. The van der Waals surface area contributed by atoms with E-state index >= 15 is 0 Å². The summed E-state index contributed by atoms with van der Waals surface area (Å²) in [5, 5.41) is 6.93. The van der Waals surface area contributed by atoms with E-state index in [1.807, 2.05) is 6.92 Å². The summed E-state index contributed by atoms with van der Waals surface area (Å²) in [5.41, 5.74) is 1.26. The Bertz CT molecular complexity index is 602. The van der Waals surface area contributed by atoms with E-state index in [4.69, 9.17) is 4.84 Å². The Labute approximate surface area is 149 Å². The molecule has 1 aromatic carbocycles. The van der Waals surface area contributed by atoms with Gasteiger partial charge in [-0.05, 0) is 51.5 Å². The number of carbonyl (C=O) groups is 1. The highest BCUT2D eigenvalue weighted by molar-refractivity contribution is 6.04. The predicted octanol–water partition coefficient (Wildman–Crippen LogP) is 2.95. The SMILES string of the molecule is CCN(CC)CCC[C@H](C)NC(=O)[C@H]1CC(c2cccc(F)c2)=NO1. The zero-order valence-electron chi connectivity index (χ0n) is 15.3. The molecular formula is C19H28FN3O2. The van der Waals surface area contributed by atoms with Gasteiger partial charge >= 0.3 is 0 Å². The molecule has 0 fully saturated rings. The number of nitrogens with zero attached hydrogens (tertiary/aromatic N) is 2. The van der Waals surface area contributed by atoms with Gasteiger partial charge in [0, 0.05) is 18.0 Å². The lowest BCUT2D eigenvalue weighted by Crippen LogP contribution is -2.40. The molecule has 0 aliphatic carbocycles. The van der Waals surface area contributed by atoms with Gasteiger partial charge in [0.2, 0.25) is 6.10 Å². The molecule has 2 atom stereocenters. The highest BCUT2D eigenvalue weighted by atomic mass is 19.1. The number of halogens is 1. The second-order valence-corrected chi connectivity index (χ2v) is 6.43. The lowest BCUT2D eigenvalue weighted by molar-refractivity contribution is -0.131. The van der Waals surface area contributed by atoms with Crippen LogP contribution in [0.1, 0.15) is 45.6 Å². The number of hydrogen-bond donors (Lipinski definition) is 1. The van der Waals surface area contributed by atoms with Crippen LogP contribution in [0.15, 0.2) is 29.4 Å². The van der Waals surface area contributed by atoms with E-state index < -0.39 is 6.10 Å². The van der Waals surface area contributed by atoms with Crippen LogP contribution < -0.4 is 5.32 Å². The summed E-state index contributed by atoms with van der Waals surface area (Å²) < 4.78 is 13.3. The summed E-state index contributed by atoms with van der Waals surface area (Å²) in [5.74, 6) is -0.486. The summed E-state index contributed by atoms with van der Waals surface area (Å²) in [6.07, 6.45) is 1.69. The van der Waals surface area contributed by atoms with Gasteiger partial charge in [-0.1, -0.05) is 31.1 Å². The monoisotopic (exact) mass is 349 g/mol. The van der Waals surface area contributed by atoms with E-state index in [1.165, 1.54) is 12.1 Å². The molecule has 0 unspecified atom stereocenters. The number of benzene rings is 1. The minimum Gasteiger partial charge on any atom is -0.382 e. The largest absolute Gasteiger partial charge is 0.382 e. The molecule has 138 valence electrons. The van der Waals surface area contributed by atoms with E-state index in [1.54, 1.807) is 12.1 Å². The normalized spacial score (nSPS) is 18.0. The van der Waals surface area contributed by atoms with Gasteiger partial charge < -0.3 is 15.1 Å². The van der Waals surface area contributed by atoms with Crippen molar-refractivity contribution in [3.63, 3.8) is 0 Å². The highest BCUT2D eigenvalue weighted by Crippen LogP contribution is 2.18. The number of oxime groups is 1. The maximum atomic E-state index is 13.3. The quantitative estimate of drug-likeness (QED) is 0.746. The van der Waals surface area contributed by atoms with Crippen LogP contribution in [0.3, 0.4) is 0 Å². The van der Waals surface area contributed by atoms with Crippen LogP contribution in [0.2, 0.25) is 0 Å². The van der Waals surface area contributed by atoms with Gasteiger partial charge in [0.05, 0.1) is 5.71 Å². The summed E-state index contributed by atoms with van der Waals surface area (Å²) in [6, 6.07) is 6.26. The van der Waals surface area contributed by atoms with Gasteiger partial charge in [0.25, 0.3) is 5.91 Å². The molecule has 0 spiro atoms. The molecule has 1 aromatic rings. The van der Waals surface area contributed by atoms with E-state index in [9.17, 15) is 9.18 Å². The second-order valence-electron chi connectivity index (χ2n) is 6.43. The molecule has 0 bridgehead atoms. The standard InChI is InChI=1S/C19H28FN3O2/c1-4-23(5-2)11-7-8-14(3)21-19(24)18-13-17(22-25-18)15-9-6-10-16(20)12-15/h6,9-10,12,14,18H,4-5,7-8,11,13H2,1-3H3,(H,21,24)/t14-,18+/m0/s1. The zero-order chi connectivity index (χ0) is 18.2. The zero-order valence-corrected chi connectivity index (χ0v) is 15.3. The van der Waals surface area contributed by atoms with E-state index in [0.29, 0.717) is 17.7 Å². The summed E-state index contributed by atoms with van der Waals surface area (Å²) in [4.78, 5) is 19.9. The van der Waals surface area contributed by atoms with Gasteiger partial charge in [-0.3, -0.25) is 4.79 Å². The second kappa shape index (κ2) is 9.51. The average molecular weight is 349 g/mol. The summed E-state index contributed by atoms with van der Waals surface area (Å²) in [6.45, 7) is 9.45. The fraction of sp³-hybridized carbons (Fsp3) is 0.579. The lowest BCUT2D eigenvalue weighted by atomic mass is 10.0. The third-order valence-corrected chi connectivity index (χ3v) is 4.51. The number of nitrogens with one attached hydrogen (secondary N) is 1. The van der Waals surface area contributed by atoms with Crippen LogP contribution in [0, 0.1) is 5.82 Å². The molecule has 0 aromatic heterocycles. The molecule has 1 aliphatic rings. The number of carbonyl (C=O) groups excluding carboxylic acids is 1. The molecule has 1 heterocycles. The fourth-order valence-electron chi connectivity index (χ4n) is 2.93. The van der Waals surface area contributed by atoms with Crippen molar-refractivity contribution in [1.82, 2.24) is 10.2 Å². The van der Waals surface area contributed by atoms with Crippen molar-refractivity contribution < 1.29 is 14.0 Å². The molecule has 2 rings (SSSR count). The third-order valence-electron chi connectivity index (χ3n) is 4.51. The highest BCUT2D eigenvalue weighted by Gasteiger charge is 2.29. The Morgan fingerprint density at radius 3 is 2.88 bits per heavy atom. The van der Waals surface area contributed by atoms with Crippen LogP contribution in [-0.2, 0) is 9.63 Å². The molecule has 0 saturated heterocycles. The first kappa shape index (κ1) is 19.4. The minimum atomic E-state index is -0.636. The Morgan fingerprint density at radius 2 is 2.20 bits per heavy atom. The minimum absolute atomic E-state index is 0.0879. The molecule has 6 heteroatoms. The molecule has 0 radical (unpaired) electrons. The van der Waals surface area contributed by atoms with Crippen molar-refractivity contribution in [2.45, 2.75) is 52.2 Å². The van der Waals surface area contributed by atoms with Crippen LogP contribution >= 0.6 is 0 Å². The van der Waals surface area contributed by atoms with Crippen molar-refractivity contribution in [3.05, 3.63) is 35.6 Å². The molecule has 1 N–H and O–H groups in total. The Morgan fingerprint density at radius 1 is 1.44 bits per heavy atom. The van der Waals surface area contributed by atoms with Crippen molar-refractivity contribution in [2.24, 2.45) is 5.16 Å². The number of rotatable bonds is 9. The summed E-state index contributed by atoms with van der Waals surface area (Å²) >= 11 is 0. The number of hydrogen-bond acceptors (Lipinski definition) is 4. The molecule has 25 heavy (non-hydrogen) atoms. The van der Waals surface area contributed by atoms with E-state index in [-0.39, 0.29) is 17.8 Å². The smallest absolute Gasteiger partial charge is 0.264 e. The van der Waals surface area contributed by atoms with Crippen LogP contribution in [0.25, 0.3) is 0 Å². The van der Waals surface area contributed by atoms with Gasteiger partial charge in [-0.25, -0.2) is 4.39 Å². The van der Waals surface area contributed by atoms with Gasteiger partial charge in [-0.15, -0.1) is 0 Å². The van der Waals surface area contributed by atoms with Gasteiger partial charge in [0.15, 0.2) is 0 Å². The lowest BCUT2D eigenvalue weighted by Gasteiger charge is -2.20. The van der Waals surface area contributed by atoms with Crippen LogP contribution in [0.5, 0.6) is 0 Å². The Balaban J connectivity index is 1.75. The molecule has 1 amide bonds. The first-order chi connectivity index (χ1) is 12.0. The molecule has 5 nitrogen and oxygen atoms in total. The molecular weight excluding hydrogens is 321 g/mol. The van der Waals surface area contributed by atoms with Crippen LogP contribution in [-0.4, -0.2) is 48.3 Å². The van der Waals surface area contributed by atoms with Crippen molar-refractivity contribution in [1.29, 1.82) is 0 Å². The van der Waals surface area contributed by atoms with E-state index in [2.05, 4.69) is 29.2 Å². The molecule has 1 aliphatic heterocycles. The first-order valence-corrected chi connectivity index (χ1v) is 9.04. The van der Waals surface area contributed by atoms with Crippen LogP contribution in [0.4, 0.5) is 4.39 Å². The third kappa shape index (κ3) is 5.81. The Hall–Kier alpha value is -1.95. The Kier molecular flexibility index (Phi) is 7.37. The number of amides is 1. The van der Waals surface area contributed by atoms with Crippen molar-refractivity contribution >= 4 is 11.6 Å². The van der Waals surface area contributed by atoms with Gasteiger partial charge in [-0.2, -0.15) is 0 Å². The maximum absolute atomic E-state index is 13.3. The topological polar surface area (TPSA) is 53.9 Å². The van der Waals surface area contributed by atoms with Gasteiger partial charge in [0.1, 0.15) is 5.82 Å². The van der Waals surface area contributed by atoms with E-state index in [0.717, 1.165) is 32.5 Å². The molecule has 0 saturated carbocycles.